The second-order valence-corrected chi connectivity index (χ2v) is 21.3. The number of nitrogens with zero attached hydrogens (tertiary/aromatic N) is 2. The molecule has 4 aromatic heterocycles. The SMILES string of the molecule is CC1(C)c2cc(N=C3C(=O)C4CC5CCCCC5CC4C3=O)sc2-c2sc3c(sc4cc(N=C5C(=O)C6CC7CCCCC7CC6C5=O)sc43)c21. The van der Waals surface area contributed by atoms with Crippen LogP contribution in [-0.2, 0) is 24.6 Å². The fourth-order valence-corrected chi connectivity index (χ4v) is 17.5. The van der Waals surface area contributed by atoms with Crippen molar-refractivity contribution in [3.63, 3.8) is 0 Å². The Kier molecular flexibility index (Phi) is 6.98. The molecule has 8 unspecified atom stereocenters. The van der Waals surface area contributed by atoms with Crippen molar-refractivity contribution in [2.75, 3.05) is 0 Å². The number of carbonyl (C=O) groups excluding carboxylic acids is 4. The lowest BCUT2D eigenvalue weighted by molar-refractivity contribution is -0.123. The van der Waals surface area contributed by atoms with E-state index in [0.29, 0.717) is 23.7 Å². The Morgan fingerprint density at radius 3 is 1.51 bits per heavy atom. The van der Waals surface area contributed by atoms with Crippen LogP contribution in [-0.4, -0.2) is 34.6 Å². The van der Waals surface area contributed by atoms with E-state index in [2.05, 4.69) is 26.0 Å². The van der Waals surface area contributed by atoms with Gasteiger partial charge < -0.3 is 0 Å². The van der Waals surface area contributed by atoms with Crippen molar-refractivity contribution in [1.29, 1.82) is 0 Å². The highest BCUT2D eigenvalue weighted by Crippen LogP contribution is 2.62. The monoisotopic (exact) mass is 752 g/mol. The summed E-state index contributed by atoms with van der Waals surface area (Å²) in [5, 5.41) is 1.51. The van der Waals surface area contributed by atoms with Gasteiger partial charge in [-0.2, -0.15) is 0 Å². The largest absolute Gasteiger partial charge is 0.292 e. The number of ketones is 4. The molecule has 262 valence electrons. The van der Waals surface area contributed by atoms with Gasteiger partial charge in [-0.05, 0) is 72.6 Å². The zero-order valence-corrected chi connectivity index (χ0v) is 32.2. The van der Waals surface area contributed by atoms with E-state index < -0.39 is 0 Å². The molecule has 0 amide bonds. The molecule has 7 aliphatic carbocycles. The Morgan fingerprint density at radius 2 is 1.02 bits per heavy atom. The van der Waals surface area contributed by atoms with Gasteiger partial charge in [0.25, 0.3) is 0 Å². The van der Waals surface area contributed by atoms with Gasteiger partial charge in [0.05, 0.1) is 23.9 Å². The minimum atomic E-state index is -0.239. The molecule has 0 radical (unpaired) electrons. The first kappa shape index (κ1) is 31.8. The summed E-state index contributed by atoms with van der Waals surface area (Å²) in [6.45, 7) is 4.54. The van der Waals surface area contributed by atoms with Gasteiger partial charge in [0, 0.05) is 33.8 Å². The summed E-state index contributed by atoms with van der Waals surface area (Å²) in [6, 6.07) is 4.20. The summed E-state index contributed by atoms with van der Waals surface area (Å²) >= 11 is 6.79. The summed E-state index contributed by atoms with van der Waals surface area (Å²) in [5.74, 6) is 1.62. The molecule has 0 aromatic carbocycles. The maximum atomic E-state index is 13.6. The predicted octanol–water partition coefficient (Wildman–Crippen LogP) is 10.7. The number of hydrogen-bond acceptors (Lipinski definition) is 10. The van der Waals surface area contributed by atoms with Gasteiger partial charge in [0.15, 0.2) is 34.6 Å². The fraction of sp³-hybridized carbons (Fsp3) is 0.561. The number of fused-ring (bicyclic) bond motifs is 11. The number of carbonyl (C=O) groups is 4. The van der Waals surface area contributed by atoms with E-state index in [4.69, 9.17) is 9.98 Å². The first-order chi connectivity index (χ1) is 24.7. The first-order valence-corrected chi connectivity index (χ1v) is 22.4. The molecule has 6 nitrogen and oxygen atoms in total. The van der Waals surface area contributed by atoms with E-state index in [9.17, 15) is 19.2 Å². The Bertz CT molecular complexity index is 2240. The van der Waals surface area contributed by atoms with Gasteiger partial charge in [0.1, 0.15) is 10.0 Å². The van der Waals surface area contributed by atoms with Crippen LogP contribution in [0.4, 0.5) is 10.0 Å². The highest BCUT2D eigenvalue weighted by molar-refractivity contribution is 7.41. The van der Waals surface area contributed by atoms with Crippen molar-refractivity contribution in [2.24, 2.45) is 57.3 Å². The van der Waals surface area contributed by atoms with Crippen LogP contribution < -0.4 is 0 Å². The molecule has 10 heteroatoms. The van der Waals surface area contributed by atoms with Crippen LogP contribution in [0, 0.1) is 47.3 Å². The third-order valence-electron chi connectivity index (χ3n) is 14.2. The summed E-state index contributed by atoms with van der Waals surface area (Å²) in [7, 11) is 0. The summed E-state index contributed by atoms with van der Waals surface area (Å²) in [4.78, 5) is 66.4. The smallest absolute Gasteiger partial charge is 0.188 e. The van der Waals surface area contributed by atoms with Crippen molar-refractivity contribution < 1.29 is 19.2 Å². The average molecular weight is 753 g/mol. The van der Waals surface area contributed by atoms with E-state index >= 15 is 0 Å². The van der Waals surface area contributed by atoms with Crippen molar-refractivity contribution in [2.45, 2.75) is 96.3 Å². The van der Waals surface area contributed by atoms with Crippen molar-refractivity contribution in [3.05, 3.63) is 23.3 Å². The topological polar surface area (TPSA) is 93.0 Å². The summed E-state index contributed by atoms with van der Waals surface area (Å²) < 4.78 is 4.87. The minimum Gasteiger partial charge on any atom is -0.292 e. The maximum absolute atomic E-state index is 13.6. The van der Waals surface area contributed by atoms with Crippen molar-refractivity contribution in [3.8, 4) is 9.75 Å². The van der Waals surface area contributed by atoms with Crippen LogP contribution in [0.5, 0.6) is 0 Å². The van der Waals surface area contributed by atoms with E-state index in [1.54, 1.807) is 45.3 Å². The number of aliphatic imine (C=N–C) groups is 2. The van der Waals surface area contributed by atoms with Crippen LogP contribution >= 0.6 is 45.3 Å². The third kappa shape index (κ3) is 4.48. The molecule has 7 aliphatic rings. The summed E-state index contributed by atoms with van der Waals surface area (Å²) in [6.07, 6.45) is 13.2. The van der Waals surface area contributed by atoms with Crippen LogP contribution in [0.25, 0.3) is 28.6 Å². The van der Waals surface area contributed by atoms with E-state index in [1.807, 2.05) is 0 Å². The predicted molar refractivity (Wildman–Crippen MR) is 208 cm³/mol. The molecule has 0 spiro atoms. The van der Waals surface area contributed by atoms with Gasteiger partial charge >= 0.3 is 0 Å². The molecular formula is C41H40N2O4S4. The number of hydrogen-bond donors (Lipinski definition) is 0. The lowest BCUT2D eigenvalue weighted by Gasteiger charge is -2.39. The standard InChI is InChI=1S/C41H40N2O4S4/c1-41(2)25-15-27(42-30-32(44)21-11-17-7-3-4-8-18(17)12-22(21)33(30)45)49-36(25)38-29(41)39-40(51-38)37-26(48-39)16-28(50-37)43-31-34(46)23-13-19-9-5-6-10-20(19)14-24(23)35(31)47/h15-24H,3-14H2,1-2H3. The molecule has 0 bridgehead atoms. The van der Waals surface area contributed by atoms with Gasteiger partial charge in [0.2, 0.25) is 0 Å². The quantitative estimate of drug-likeness (QED) is 0.204. The van der Waals surface area contributed by atoms with Crippen molar-refractivity contribution in [1.82, 2.24) is 0 Å². The number of thiophene rings is 4. The maximum Gasteiger partial charge on any atom is 0.188 e. The molecule has 6 fully saturated rings. The lowest BCUT2D eigenvalue weighted by atomic mass is 9.64. The average Bonchev–Trinajstić information content (AvgIpc) is 3.97. The van der Waals surface area contributed by atoms with Crippen LogP contribution in [0.15, 0.2) is 22.1 Å². The highest BCUT2D eigenvalue weighted by Gasteiger charge is 2.54. The number of rotatable bonds is 2. The second-order valence-electron chi connectivity index (χ2n) is 17.2. The zero-order valence-electron chi connectivity index (χ0n) is 28.9. The molecule has 51 heavy (non-hydrogen) atoms. The van der Waals surface area contributed by atoms with E-state index in [0.717, 1.165) is 40.4 Å². The molecule has 11 rings (SSSR count). The normalized spacial score (nSPS) is 33.8. The summed E-state index contributed by atoms with van der Waals surface area (Å²) in [5.41, 5.74) is 2.72. The van der Waals surface area contributed by atoms with E-state index in [-0.39, 0.29) is 63.6 Å². The zero-order chi connectivity index (χ0) is 34.5. The molecular weight excluding hydrogens is 713 g/mol. The van der Waals surface area contributed by atoms with Crippen molar-refractivity contribution >= 4 is 109 Å². The van der Waals surface area contributed by atoms with Gasteiger partial charge in [-0.3, -0.25) is 19.2 Å². The molecule has 6 saturated carbocycles. The van der Waals surface area contributed by atoms with Gasteiger partial charge in [-0.1, -0.05) is 65.2 Å². The molecule has 4 aromatic rings. The van der Waals surface area contributed by atoms with Crippen LogP contribution in [0.1, 0.15) is 102 Å². The molecule has 0 N–H and O–H groups in total. The minimum absolute atomic E-state index is 0.0172. The van der Waals surface area contributed by atoms with Crippen LogP contribution in [0.3, 0.4) is 0 Å². The Labute approximate surface area is 312 Å². The van der Waals surface area contributed by atoms with Crippen LogP contribution in [0.2, 0.25) is 0 Å². The molecule has 0 aliphatic heterocycles. The van der Waals surface area contributed by atoms with Gasteiger partial charge in [-0.15, -0.1) is 45.3 Å². The number of Topliss-reactive ketones (excluding diaryl/α,β-unsaturated/α-hetero) is 4. The third-order valence-corrected chi connectivity index (χ3v) is 19.2. The Hall–Kier alpha value is -2.66. The highest BCUT2D eigenvalue weighted by atomic mass is 32.1. The first-order valence-electron chi connectivity index (χ1n) is 19.1. The molecule has 4 heterocycles. The molecule has 0 saturated heterocycles. The second kappa shape index (κ2) is 11.2. The lowest BCUT2D eigenvalue weighted by Crippen LogP contribution is -2.35. The Morgan fingerprint density at radius 1 is 0.549 bits per heavy atom. The molecule has 8 atom stereocenters. The van der Waals surface area contributed by atoms with E-state index in [1.165, 1.54) is 86.3 Å². The fourth-order valence-electron chi connectivity index (χ4n) is 11.7. The van der Waals surface area contributed by atoms with Gasteiger partial charge in [-0.25, -0.2) is 9.98 Å². The Balaban J connectivity index is 0.907.